The minimum absolute atomic E-state index is 0. The zero-order chi connectivity index (χ0) is 18.5. The average Bonchev–Trinajstić information content (AvgIpc) is 2.66. The number of halogens is 1. The van der Waals surface area contributed by atoms with Gasteiger partial charge in [0, 0.05) is 19.1 Å². The van der Waals surface area contributed by atoms with Crippen molar-refractivity contribution < 1.29 is 9.59 Å². The van der Waals surface area contributed by atoms with Crippen molar-refractivity contribution in [3.8, 4) is 0 Å². The molecule has 0 aliphatic carbocycles. The van der Waals surface area contributed by atoms with Crippen molar-refractivity contribution in [2.45, 2.75) is 32.2 Å². The van der Waals surface area contributed by atoms with Crippen LogP contribution in [0.2, 0.25) is 0 Å². The number of hydrogen-bond acceptors (Lipinski definition) is 3. The summed E-state index contributed by atoms with van der Waals surface area (Å²) in [5.74, 6) is 0.413. The number of hydrogen-bond donors (Lipinski definition) is 2. The number of carbonyl (C=O) groups excluding carboxylic acids is 2. The third-order valence-electron chi connectivity index (χ3n) is 5.24. The summed E-state index contributed by atoms with van der Waals surface area (Å²) < 4.78 is 0. The fourth-order valence-corrected chi connectivity index (χ4v) is 3.76. The van der Waals surface area contributed by atoms with Crippen molar-refractivity contribution >= 4 is 35.0 Å². The lowest BCUT2D eigenvalue weighted by molar-refractivity contribution is -0.136. The first-order valence-corrected chi connectivity index (χ1v) is 9.31. The molecule has 0 spiro atoms. The van der Waals surface area contributed by atoms with Crippen molar-refractivity contribution in [2.24, 2.45) is 11.7 Å². The van der Waals surface area contributed by atoms with Crippen LogP contribution in [-0.4, -0.2) is 42.4 Å². The topological polar surface area (TPSA) is 75.4 Å². The zero-order valence-corrected chi connectivity index (χ0v) is 16.5. The Balaban J connectivity index is 0.00000261. The summed E-state index contributed by atoms with van der Waals surface area (Å²) in [7, 11) is 0. The van der Waals surface area contributed by atoms with E-state index in [0.29, 0.717) is 12.5 Å². The minimum Gasteiger partial charge on any atom is -0.347 e. The summed E-state index contributed by atoms with van der Waals surface area (Å²) in [6.07, 6.45) is 2.20. The fourth-order valence-electron chi connectivity index (χ4n) is 3.76. The number of piperidine rings is 1. The number of carbonyl (C=O) groups is 2. The lowest BCUT2D eigenvalue weighted by atomic mass is 9.92. The van der Waals surface area contributed by atoms with E-state index in [1.54, 1.807) is 0 Å². The van der Waals surface area contributed by atoms with Gasteiger partial charge in [0.15, 0.2) is 0 Å². The predicted molar refractivity (Wildman–Crippen MR) is 111 cm³/mol. The summed E-state index contributed by atoms with van der Waals surface area (Å²) in [4.78, 5) is 26.7. The van der Waals surface area contributed by atoms with Gasteiger partial charge in [-0.25, -0.2) is 0 Å². The lowest BCUT2D eigenvalue weighted by Crippen LogP contribution is -2.52. The van der Waals surface area contributed by atoms with E-state index >= 15 is 0 Å². The molecule has 3 rings (SSSR count). The monoisotopic (exact) mass is 389 g/mol. The van der Waals surface area contributed by atoms with E-state index in [9.17, 15) is 9.59 Å². The molecule has 27 heavy (non-hydrogen) atoms. The smallest absolute Gasteiger partial charge is 0.242 e. The molecule has 3 N–H and O–H groups in total. The lowest BCUT2D eigenvalue weighted by Gasteiger charge is -2.38. The van der Waals surface area contributed by atoms with E-state index in [2.05, 4.69) is 12.2 Å². The van der Waals surface area contributed by atoms with Gasteiger partial charge < -0.3 is 16.0 Å². The summed E-state index contributed by atoms with van der Waals surface area (Å²) in [6, 6.07) is 14.0. The summed E-state index contributed by atoms with van der Waals surface area (Å²) in [5.41, 5.74) is 6.80. The predicted octanol–water partition coefficient (Wildman–Crippen LogP) is 2.51. The van der Waals surface area contributed by atoms with Crippen molar-refractivity contribution in [3.05, 3.63) is 48.0 Å². The van der Waals surface area contributed by atoms with E-state index in [1.165, 1.54) is 0 Å². The third-order valence-corrected chi connectivity index (χ3v) is 5.24. The molecule has 2 atom stereocenters. The van der Waals surface area contributed by atoms with E-state index in [-0.39, 0.29) is 43.2 Å². The van der Waals surface area contributed by atoms with Crippen LogP contribution in [0.4, 0.5) is 0 Å². The Morgan fingerprint density at radius 3 is 2.70 bits per heavy atom. The van der Waals surface area contributed by atoms with Gasteiger partial charge in [-0.15, -0.1) is 12.4 Å². The third kappa shape index (κ3) is 5.21. The van der Waals surface area contributed by atoms with E-state index in [4.69, 9.17) is 5.73 Å². The molecule has 2 unspecified atom stereocenters. The highest BCUT2D eigenvalue weighted by Gasteiger charge is 2.28. The molecule has 0 radical (unpaired) electrons. The Bertz CT molecular complexity index is 791. The van der Waals surface area contributed by atoms with E-state index in [0.717, 1.165) is 35.7 Å². The van der Waals surface area contributed by atoms with Gasteiger partial charge in [0.25, 0.3) is 0 Å². The zero-order valence-electron chi connectivity index (χ0n) is 15.7. The molecule has 2 aromatic rings. The van der Waals surface area contributed by atoms with E-state index in [1.807, 2.05) is 47.4 Å². The molecule has 2 aromatic carbocycles. The van der Waals surface area contributed by atoms with Gasteiger partial charge in [0.1, 0.15) is 0 Å². The van der Waals surface area contributed by atoms with Crippen LogP contribution < -0.4 is 11.1 Å². The van der Waals surface area contributed by atoms with Gasteiger partial charge in [0.05, 0.1) is 13.0 Å². The molecule has 0 bridgehead atoms. The minimum atomic E-state index is -0.135. The molecule has 1 fully saturated rings. The van der Waals surface area contributed by atoms with Crippen LogP contribution in [0.3, 0.4) is 0 Å². The Morgan fingerprint density at radius 1 is 1.19 bits per heavy atom. The number of rotatable bonds is 5. The molecule has 1 aliphatic heterocycles. The molecule has 0 saturated carbocycles. The van der Waals surface area contributed by atoms with Crippen molar-refractivity contribution in [1.29, 1.82) is 0 Å². The van der Waals surface area contributed by atoms with Crippen LogP contribution in [0.15, 0.2) is 42.5 Å². The Hall–Kier alpha value is -2.11. The van der Waals surface area contributed by atoms with E-state index < -0.39 is 0 Å². The highest BCUT2D eigenvalue weighted by atomic mass is 35.5. The Morgan fingerprint density at radius 2 is 1.93 bits per heavy atom. The van der Waals surface area contributed by atoms with Crippen molar-refractivity contribution in [3.63, 3.8) is 0 Å². The highest BCUT2D eigenvalue weighted by molar-refractivity contribution is 5.91. The molecule has 2 amide bonds. The molecule has 1 saturated heterocycles. The highest BCUT2D eigenvalue weighted by Crippen LogP contribution is 2.22. The van der Waals surface area contributed by atoms with Crippen molar-refractivity contribution in [1.82, 2.24) is 10.2 Å². The van der Waals surface area contributed by atoms with Crippen LogP contribution >= 0.6 is 12.4 Å². The quantitative estimate of drug-likeness (QED) is 0.824. The second-order valence-electron chi connectivity index (χ2n) is 7.20. The second-order valence-corrected chi connectivity index (χ2v) is 7.20. The van der Waals surface area contributed by atoms with Gasteiger partial charge in [0.2, 0.25) is 11.8 Å². The first kappa shape index (κ1) is 21.2. The Labute approximate surface area is 166 Å². The van der Waals surface area contributed by atoms with Gasteiger partial charge in [-0.3, -0.25) is 9.59 Å². The average molecular weight is 390 g/mol. The molecular formula is C21H28ClN3O2. The second kappa shape index (κ2) is 9.72. The number of nitrogens with two attached hydrogens (primary N) is 1. The number of amides is 2. The SMILES string of the molecule is CC1CCN(C(=O)CNC(=O)Cc2cccc3ccccc23)C(CN)C1.Cl. The van der Waals surface area contributed by atoms with Gasteiger partial charge in [-0.2, -0.15) is 0 Å². The molecule has 0 aromatic heterocycles. The maximum absolute atomic E-state index is 12.5. The van der Waals surface area contributed by atoms with Crippen LogP contribution in [0.25, 0.3) is 10.8 Å². The first-order valence-electron chi connectivity index (χ1n) is 9.31. The number of nitrogens with zero attached hydrogens (tertiary/aromatic N) is 1. The molecule has 5 nitrogen and oxygen atoms in total. The molecular weight excluding hydrogens is 362 g/mol. The molecule has 1 heterocycles. The molecule has 6 heteroatoms. The van der Waals surface area contributed by atoms with Gasteiger partial charge in [-0.05, 0) is 35.1 Å². The maximum Gasteiger partial charge on any atom is 0.242 e. The largest absolute Gasteiger partial charge is 0.347 e. The van der Waals surface area contributed by atoms with Crippen LogP contribution in [0, 0.1) is 5.92 Å². The van der Waals surface area contributed by atoms with Crippen LogP contribution in [0.1, 0.15) is 25.3 Å². The number of nitrogens with one attached hydrogen (secondary N) is 1. The van der Waals surface area contributed by atoms with Crippen LogP contribution in [0.5, 0.6) is 0 Å². The Kier molecular flexibility index (Phi) is 7.63. The standard InChI is InChI=1S/C21H27N3O2.ClH/c1-15-9-10-24(18(11-15)13-22)21(26)14-23-20(25)12-17-7-4-6-16-5-2-3-8-19(16)17;/h2-8,15,18H,9-14,22H2,1H3,(H,23,25);1H. The fraction of sp³-hybridized carbons (Fsp3) is 0.429. The normalized spacial score (nSPS) is 19.4. The first-order chi connectivity index (χ1) is 12.6. The van der Waals surface area contributed by atoms with Crippen LogP contribution in [-0.2, 0) is 16.0 Å². The number of benzene rings is 2. The number of likely N-dealkylation sites (tertiary alicyclic amines) is 1. The van der Waals surface area contributed by atoms with Crippen molar-refractivity contribution in [2.75, 3.05) is 19.6 Å². The van der Waals surface area contributed by atoms with Gasteiger partial charge >= 0.3 is 0 Å². The maximum atomic E-state index is 12.5. The molecule has 1 aliphatic rings. The van der Waals surface area contributed by atoms with Gasteiger partial charge in [-0.1, -0.05) is 49.4 Å². The summed E-state index contributed by atoms with van der Waals surface area (Å²) in [5, 5.41) is 4.96. The summed E-state index contributed by atoms with van der Waals surface area (Å²) in [6.45, 7) is 3.42. The molecule has 146 valence electrons. The number of fused-ring (bicyclic) bond motifs is 1. The summed E-state index contributed by atoms with van der Waals surface area (Å²) >= 11 is 0.